The Morgan fingerprint density at radius 2 is 1.88 bits per heavy atom. The predicted molar refractivity (Wildman–Crippen MR) is 96.2 cm³/mol. The second-order valence-corrected chi connectivity index (χ2v) is 5.17. The van der Waals surface area contributed by atoms with Crippen LogP contribution in [0.5, 0.6) is 5.75 Å². The zero-order valence-electron chi connectivity index (χ0n) is 12.8. The molecule has 6 nitrogen and oxygen atoms in total. The first-order valence-corrected chi connectivity index (χ1v) is 7.60. The van der Waals surface area contributed by atoms with Gasteiger partial charge in [0.1, 0.15) is 5.75 Å². The summed E-state index contributed by atoms with van der Waals surface area (Å²) in [6.07, 6.45) is 1.52. The first-order valence-electron chi connectivity index (χ1n) is 7.19. The van der Waals surface area contributed by atoms with Crippen molar-refractivity contribution >= 4 is 29.5 Å². The predicted octanol–water partition coefficient (Wildman–Crippen LogP) is 2.15. The molecule has 3 N–H and O–H groups in total. The van der Waals surface area contributed by atoms with Gasteiger partial charge in [-0.25, -0.2) is 4.79 Å². The number of benzene rings is 2. The average Bonchev–Trinajstić information content (AvgIpc) is 2.60. The number of carboxylic acids is 1. The molecule has 0 fully saturated rings. The Balaban J connectivity index is 1.85. The summed E-state index contributed by atoms with van der Waals surface area (Å²) in [4.78, 5) is 10.6. The fourth-order valence-corrected chi connectivity index (χ4v) is 1.96. The quantitative estimate of drug-likeness (QED) is 0.406. The number of hydrogen-bond acceptors (Lipinski definition) is 4. The molecule has 0 aromatic heterocycles. The van der Waals surface area contributed by atoms with Gasteiger partial charge >= 0.3 is 5.97 Å². The van der Waals surface area contributed by atoms with Crippen molar-refractivity contribution in [1.82, 2.24) is 10.7 Å². The van der Waals surface area contributed by atoms with Gasteiger partial charge in [-0.05, 0) is 29.9 Å². The van der Waals surface area contributed by atoms with Gasteiger partial charge < -0.3 is 15.2 Å². The van der Waals surface area contributed by atoms with Crippen LogP contribution in [0.3, 0.4) is 0 Å². The molecular weight excluding hydrogens is 326 g/mol. The Morgan fingerprint density at radius 1 is 1.17 bits per heavy atom. The molecule has 0 aliphatic carbocycles. The van der Waals surface area contributed by atoms with Crippen molar-refractivity contribution in [3.63, 3.8) is 0 Å². The van der Waals surface area contributed by atoms with Crippen LogP contribution in [0.1, 0.15) is 11.1 Å². The molecular formula is C17H17N3O3S. The van der Waals surface area contributed by atoms with Gasteiger partial charge in [0.15, 0.2) is 11.7 Å². The van der Waals surface area contributed by atoms with Crippen LogP contribution < -0.4 is 15.5 Å². The normalized spacial score (nSPS) is 10.3. The number of carboxylic acid groups (broad SMARTS) is 1. The first-order chi connectivity index (χ1) is 11.6. The van der Waals surface area contributed by atoms with E-state index in [-0.39, 0.29) is 0 Å². The second-order valence-electron chi connectivity index (χ2n) is 4.76. The van der Waals surface area contributed by atoms with Crippen LogP contribution in [-0.4, -0.2) is 29.0 Å². The van der Waals surface area contributed by atoms with Gasteiger partial charge in [0, 0.05) is 12.1 Å². The zero-order valence-corrected chi connectivity index (χ0v) is 13.6. The van der Waals surface area contributed by atoms with Crippen molar-refractivity contribution in [2.24, 2.45) is 5.10 Å². The Kier molecular flexibility index (Phi) is 6.73. The van der Waals surface area contributed by atoms with Gasteiger partial charge in [0.25, 0.3) is 0 Å². The maximum absolute atomic E-state index is 10.6. The SMILES string of the molecule is O=C(O)COc1ccccc1/C=N\NC(=S)NCc1ccccc1. The Morgan fingerprint density at radius 3 is 2.62 bits per heavy atom. The number of hydrazone groups is 1. The highest BCUT2D eigenvalue weighted by molar-refractivity contribution is 7.80. The highest BCUT2D eigenvalue weighted by Gasteiger charge is 2.03. The van der Waals surface area contributed by atoms with E-state index >= 15 is 0 Å². The van der Waals surface area contributed by atoms with Gasteiger partial charge in [0.2, 0.25) is 0 Å². The van der Waals surface area contributed by atoms with E-state index in [0.29, 0.717) is 23.0 Å². The van der Waals surface area contributed by atoms with Crippen LogP contribution in [0, 0.1) is 0 Å². The van der Waals surface area contributed by atoms with Gasteiger partial charge in [0.05, 0.1) is 6.21 Å². The lowest BCUT2D eigenvalue weighted by Crippen LogP contribution is -2.31. The van der Waals surface area contributed by atoms with Crippen molar-refractivity contribution in [1.29, 1.82) is 0 Å². The minimum Gasteiger partial charge on any atom is -0.481 e. The van der Waals surface area contributed by atoms with Crippen molar-refractivity contribution in [2.45, 2.75) is 6.54 Å². The largest absolute Gasteiger partial charge is 0.481 e. The Bertz CT molecular complexity index is 720. The zero-order chi connectivity index (χ0) is 17.2. The van der Waals surface area contributed by atoms with Crippen molar-refractivity contribution in [3.8, 4) is 5.75 Å². The number of rotatable bonds is 7. The van der Waals surface area contributed by atoms with E-state index in [0.717, 1.165) is 5.56 Å². The lowest BCUT2D eigenvalue weighted by Gasteiger charge is -2.08. The maximum Gasteiger partial charge on any atom is 0.341 e. The van der Waals surface area contributed by atoms with Crippen LogP contribution in [0.2, 0.25) is 0 Å². The molecule has 0 saturated heterocycles. The maximum atomic E-state index is 10.6. The third kappa shape index (κ3) is 6.05. The van der Waals surface area contributed by atoms with Crippen LogP contribution in [0.4, 0.5) is 0 Å². The van der Waals surface area contributed by atoms with Crippen molar-refractivity contribution < 1.29 is 14.6 Å². The molecule has 0 radical (unpaired) electrons. The molecule has 7 heteroatoms. The fourth-order valence-electron chi connectivity index (χ4n) is 1.84. The standard InChI is InChI=1S/C17H17N3O3S/c21-16(22)12-23-15-9-5-4-8-14(15)11-19-20-17(24)18-10-13-6-2-1-3-7-13/h1-9,11H,10,12H2,(H,21,22)(H2,18,20,24)/b19-11-. The lowest BCUT2D eigenvalue weighted by molar-refractivity contribution is -0.139. The van der Waals surface area contributed by atoms with Gasteiger partial charge in [-0.3, -0.25) is 5.43 Å². The highest BCUT2D eigenvalue weighted by atomic mass is 32.1. The first kappa shape index (κ1) is 17.4. The van der Waals surface area contributed by atoms with Gasteiger partial charge in [-0.1, -0.05) is 42.5 Å². The molecule has 0 heterocycles. The lowest BCUT2D eigenvalue weighted by atomic mass is 10.2. The van der Waals surface area contributed by atoms with Crippen molar-refractivity contribution in [3.05, 3.63) is 65.7 Å². The number of nitrogens with zero attached hydrogens (tertiary/aromatic N) is 1. The molecule has 0 aliphatic heterocycles. The van der Waals surface area contributed by atoms with Crippen LogP contribution in [0.15, 0.2) is 59.7 Å². The Labute approximate surface area is 145 Å². The minimum absolute atomic E-state index is 0.388. The monoisotopic (exact) mass is 343 g/mol. The molecule has 0 atom stereocenters. The molecule has 0 saturated carbocycles. The summed E-state index contributed by atoms with van der Waals surface area (Å²) in [6.45, 7) is 0.190. The van der Waals surface area contributed by atoms with E-state index in [1.54, 1.807) is 24.3 Å². The summed E-state index contributed by atoms with van der Waals surface area (Å²) in [5, 5.41) is 16.1. The topological polar surface area (TPSA) is 83.0 Å². The summed E-state index contributed by atoms with van der Waals surface area (Å²) in [7, 11) is 0. The number of carbonyl (C=O) groups is 1. The van der Waals surface area contributed by atoms with Crippen molar-refractivity contribution in [2.75, 3.05) is 6.61 Å². The van der Waals surface area contributed by atoms with E-state index in [9.17, 15) is 4.79 Å². The van der Waals surface area contributed by atoms with Gasteiger partial charge in [-0.2, -0.15) is 5.10 Å². The smallest absolute Gasteiger partial charge is 0.341 e. The minimum atomic E-state index is -1.04. The Hall–Kier alpha value is -2.93. The third-order valence-electron chi connectivity index (χ3n) is 2.94. The number of para-hydroxylation sites is 1. The van der Waals surface area contributed by atoms with E-state index in [2.05, 4.69) is 15.8 Å². The summed E-state index contributed by atoms with van der Waals surface area (Å²) < 4.78 is 5.19. The number of thiocarbonyl (C=S) groups is 1. The molecule has 0 bridgehead atoms. The van der Waals surface area contributed by atoms with Gasteiger partial charge in [-0.15, -0.1) is 0 Å². The van der Waals surface area contributed by atoms with E-state index in [4.69, 9.17) is 22.1 Å². The molecule has 0 unspecified atom stereocenters. The molecule has 24 heavy (non-hydrogen) atoms. The summed E-state index contributed by atoms with van der Waals surface area (Å²) in [5.41, 5.74) is 4.47. The number of hydrogen-bond donors (Lipinski definition) is 3. The van der Waals surface area contributed by atoms with E-state index in [1.165, 1.54) is 6.21 Å². The third-order valence-corrected chi connectivity index (χ3v) is 3.17. The molecule has 2 aromatic carbocycles. The summed E-state index contributed by atoms with van der Waals surface area (Å²) in [5.74, 6) is -0.597. The fraction of sp³-hybridized carbons (Fsp3) is 0.118. The summed E-state index contributed by atoms with van der Waals surface area (Å²) in [6, 6.07) is 16.9. The van der Waals surface area contributed by atoms with Crippen LogP contribution in [0.25, 0.3) is 0 Å². The molecule has 2 aromatic rings. The molecule has 0 amide bonds. The van der Waals surface area contributed by atoms with Crippen LogP contribution >= 0.6 is 12.2 Å². The number of ether oxygens (including phenoxy) is 1. The second kappa shape index (κ2) is 9.26. The number of aliphatic carboxylic acids is 1. The number of nitrogens with one attached hydrogen (secondary N) is 2. The summed E-state index contributed by atoms with van der Waals surface area (Å²) >= 11 is 5.14. The molecule has 124 valence electrons. The molecule has 0 spiro atoms. The van der Waals surface area contributed by atoms with E-state index < -0.39 is 12.6 Å². The van der Waals surface area contributed by atoms with E-state index in [1.807, 2.05) is 30.3 Å². The highest BCUT2D eigenvalue weighted by Crippen LogP contribution is 2.15. The molecule has 2 rings (SSSR count). The molecule has 0 aliphatic rings. The van der Waals surface area contributed by atoms with Crippen LogP contribution in [-0.2, 0) is 11.3 Å². The average molecular weight is 343 g/mol.